The highest BCUT2D eigenvalue weighted by atomic mass is 35.5. The molecule has 0 aliphatic carbocycles. The Bertz CT molecular complexity index is 2940. The van der Waals surface area contributed by atoms with Crippen LogP contribution in [0.2, 0.25) is 10.0 Å². The van der Waals surface area contributed by atoms with Crippen molar-refractivity contribution in [1.29, 1.82) is 0 Å². The number of piperidine rings is 2. The molecule has 0 bridgehead atoms. The number of H-pyrrole nitrogens is 2. The molecule has 15 nitrogen and oxygen atoms in total. The number of benzene rings is 4. The second-order valence-corrected chi connectivity index (χ2v) is 22.2. The highest BCUT2D eigenvalue weighted by Crippen LogP contribution is 2.45. The van der Waals surface area contributed by atoms with Gasteiger partial charge in [0.15, 0.2) is 5.78 Å². The van der Waals surface area contributed by atoms with Crippen LogP contribution >= 0.6 is 23.2 Å². The number of carbonyl (C=O) groups excluding carboxylic acids is 5. The Hall–Kier alpha value is -6.39. The number of hydrogen-bond acceptors (Lipinski definition) is 9. The Morgan fingerprint density at radius 2 is 0.944 bits per heavy atom. The fourth-order valence-electron chi connectivity index (χ4n) is 10.5. The SMILES string of the molecule is CC(C)(C)OC(=O)N1CCC(NC(=O)c2ccc3[nH]c(-c4ccc(Cl)c5c4C(C(=O)C4NCc6c(Cl)ccc(-c7cc8cc(C(=O)NC9CCN(C(=O)OC(C)(C)C)CC9)ccc8[nH]7)c64)NC5)cc3c2)CC1. The van der Waals surface area contributed by atoms with Gasteiger partial charge in [-0.1, -0.05) is 35.3 Å². The first-order valence-electron chi connectivity index (χ1n) is 24.7. The number of likely N-dealkylation sites (tertiary alicyclic amines) is 2. The minimum absolute atomic E-state index is 0.0767. The van der Waals surface area contributed by atoms with Crippen LogP contribution in [-0.2, 0) is 27.4 Å². The van der Waals surface area contributed by atoms with Gasteiger partial charge in [-0.05, 0) is 150 Å². The number of aromatic nitrogens is 2. The Labute approximate surface area is 428 Å². The first kappa shape index (κ1) is 49.2. The van der Waals surface area contributed by atoms with Crippen LogP contribution in [0.1, 0.15) is 122 Å². The summed E-state index contributed by atoms with van der Waals surface area (Å²) in [5.41, 5.74) is 8.03. The van der Waals surface area contributed by atoms with Crippen LogP contribution < -0.4 is 21.3 Å². The zero-order valence-electron chi connectivity index (χ0n) is 41.3. The second kappa shape index (κ2) is 19.2. The predicted octanol–water partition coefficient (Wildman–Crippen LogP) is 10.1. The van der Waals surface area contributed by atoms with Gasteiger partial charge in [-0.3, -0.25) is 25.0 Å². The van der Waals surface area contributed by atoms with Crippen LogP contribution in [-0.4, -0.2) is 99.0 Å². The molecule has 6 N–H and O–H groups in total. The van der Waals surface area contributed by atoms with Crippen molar-refractivity contribution in [3.63, 3.8) is 0 Å². The maximum absolute atomic E-state index is 15.1. The van der Waals surface area contributed by atoms with Crippen LogP contribution in [0.25, 0.3) is 44.3 Å². The van der Waals surface area contributed by atoms with Gasteiger partial charge in [0.05, 0.1) is 12.1 Å². The maximum Gasteiger partial charge on any atom is 0.410 e. The lowest BCUT2D eigenvalue weighted by molar-refractivity contribution is -0.123. The monoisotopic (exact) mass is 1010 g/mol. The molecule has 2 aromatic heterocycles. The van der Waals surface area contributed by atoms with Gasteiger partial charge in [-0.15, -0.1) is 0 Å². The molecule has 4 aromatic carbocycles. The summed E-state index contributed by atoms with van der Waals surface area (Å²) in [6.45, 7) is 13.9. The summed E-state index contributed by atoms with van der Waals surface area (Å²) in [6.07, 6.45) is 1.83. The molecule has 2 unspecified atom stereocenters. The zero-order chi connectivity index (χ0) is 50.8. The van der Waals surface area contributed by atoms with Gasteiger partial charge < -0.3 is 39.9 Å². The Morgan fingerprint density at radius 1 is 0.556 bits per heavy atom. The minimum atomic E-state index is -0.716. The molecule has 2 atom stereocenters. The number of carbonyl (C=O) groups is 5. The lowest BCUT2D eigenvalue weighted by atomic mass is 9.87. The van der Waals surface area contributed by atoms with Crippen molar-refractivity contribution in [3.05, 3.63) is 116 Å². The number of Topliss-reactive ketones (excluding diaryl/α,β-unsaturated/α-hetero) is 1. The number of nitrogens with zero attached hydrogens (tertiary/aromatic N) is 2. The molecule has 10 rings (SSSR count). The summed E-state index contributed by atoms with van der Waals surface area (Å²) in [5, 5.41) is 16.1. The van der Waals surface area contributed by atoms with Gasteiger partial charge in [-0.2, -0.15) is 0 Å². The summed E-state index contributed by atoms with van der Waals surface area (Å²) < 4.78 is 11.1. The molecule has 6 heterocycles. The molecule has 0 radical (unpaired) electrons. The Morgan fingerprint density at radius 3 is 1.32 bits per heavy atom. The fraction of sp³-hybridized carbons (Fsp3) is 0.400. The first-order chi connectivity index (χ1) is 34.3. The predicted molar refractivity (Wildman–Crippen MR) is 278 cm³/mol. The molecule has 17 heteroatoms. The number of rotatable bonds is 8. The number of ketones is 1. The van der Waals surface area contributed by atoms with Crippen molar-refractivity contribution in [1.82, 2.24) is 41.0 Å². The van der Waals surface area contributed by atoms with Gasteiger partial charge >= 0.3 is 12.2 Å². The van der Waals surface area contributed by atoms with Crippen LogP contribution in [0.5, 0.6) is 0 Å². The standard InChI is InChI=1S/C55H60Cl2N8O7/c1-54(2,3)71-52(69)64-19-15-33(16-20-64)60-50(67)29-7-13-41-31(23-29)25-43(62-41)35-9-11-39(56)37-27-58-47(45(35)37)49(66)48-46-36(10-12-40(57)38(46)28-59-48)44-26-32-24-30(8-14-42(32)63-44)51(68)61-34-17-21-65(22-18-34)53(70)72-55(4,5)6/h7-14,23-26,33-34,47-48,58-59,62-63H,15-22,27-28H2,1-6H3,(H,60,67)(H,61,68). The number of fused-ring (bicyclic) bond motifs is 4. The molecular weight excluding hydrogens is 956 g/mol. The van der Waals surface area contributed by atoms with E-state index in [4.69, 9.17) is 32.7 Å². The molecule has 72 heavy (non-hydrogen) atoms. The van der Waals surface area contributed by atoms with E-state index in [1.165, 1.54) is 0 Å². The van der Waals surface area contributed by atoms with Crippen LogP contribution in [0, 0.1) is 0 Å². The Balaban J connectivity index is 0.852. The molecule has 0 saturated carbocycles. The third-order valence-electron chi connectivity index (χ3n) is 14.0. The van der Waals surface area contributed by atoms with Crippen molar-refractivity contribution in [3.8, 4) is 22.5 Å². The zero-order valence-corrected chi connectivity index (χ0v) is 42.8. The smallest absolute Gasteiger partial charge is 0.410 e. The average molecular weight is 1020 g/mol. The summed E-state index contributed by atoms with van der Waals surface area (Å²) in [5.74, 6) is -0.459. The number of halogens is 2. The van der Waals surface area contributed by atoms with Gasteiger partial charge in [-0.25, -0.2) is 9.59 Å². The van der Waals surface area contributed by atoms with Crippen LogP contribution in [0.15, 0.2) is 72.8 Å². The van der Waals surface area contributed by atoms with E-state index in [1.54, 1.807) is 21.9 Å². The van der Waals surface area contributed by atoms with E-state index in [1.807, 2.05) is 102 Å². The van der Waals surface area contributed by atoms with E-state index >= 15 is 4.79 Å². The van der Waals surface area contributed by atoms with Gasteiger partial charge in [0.1, 0.15) is 11.2 Å². The van der Waals surface area contributed by atoms with E-state index in [0.29, 0.717) is 86.1 Å². The number of aromatic amines is 2. The summed E-state index contributed by atoms with van der Waals surface area (Å²) >= 11 is 13.7. The normalized spacial score (nSPS) is 18.6. The van der Waals surface area contributed by atoms with Crippen molar-refractivity contribution in [2.24, 2.45) is 0 Å². The molecule has 4 aliphatic rings. The number of ether oxygens (including phenoxy) is 2. The van der Waals surface area contributed by atoms with Crippen LogP contribution in [0.4, 0.5) is 9.59 Å². The van der Waals surface area contributed by atoms with E-state index in [0.717, 1.165) is 66.6 Å². The highest BCUT2D eigenvalue weighted by molar-refractivity contribution is 6.32. The summed E-state index contributed by atoms with van der Waals surface area (Å²) in [7, 11) is 0. The fourth-order valence-corrected chi connectivity index (χ4v) is 10.9. The van der Waals surface area contributed by atoms with Crippen molar-refractivity contribution >= 4 is 74.8 Å². The molecular formula is C55H60Cl2N8O7. The number of nitrogens with one attached hydrogen (secondary N) is 6. The van der Waals surface area contributed by atoms with Gasteiger partial charge in [0.25, 0.3) is 11.8 Å². The van der Waals surface area contributed by atoms with Gasteiger partial charge in [0.2, 0.25) is 0 Å². The second-order valence-electron chi connectivity index (χ2n) is 21.4. The maximum atomic E-state index is 15.1. The number of amides is 4. The Kier molecular flexibility index (Phi) is 13.1. The topological polar surface area (TPSA) is 190 Å². The van der Waals surface area contributed by atoms with Gasteiger partial charge in [0, 0.05) is 117 Å². The molecule has 6 aromatic rings. The summed E-state index contributed by atoms with van der Waals surface area (Å²) in [4.78, 5) is 77.8. The van der Waals surface area contributed by atoms with Crippen molar-refractivity contribution < 1.29 is 33.4 Å². The molecule has 2 saturated heterocycles. The average Bonchev–Trinajstić information content (AvgIpc) is 4.16. The largest absolute Gasteiger partial charge is 0.444 e. The van der Waals surface area contributed by atoms with Crippen LogP contribution in [0.3, 0.4) is 0 Å². The van der Waals surface area contributed by atoms with E-state index in [-0.39, 0.29) is 41.9 Å². The highest BCUT2D eigenvalue weighted by Gasteiger charge is 2.41. The quantitative estimate of drug-likeness (QED) is 0.0862. The molecule has 4 amide bonds. The van der Waals surface area contributed by atoms with E-state index in [2.05, 4.69) is 31.2 Å². The minimum Gasteiger partial charge on any atom is -0.444 e. The van der Waals surface area contributed by atoms with Crippen molar-refractivity contribution in [2.45, 2.75) is 116 Å². The number of hydrogen-bond donors (Lipinski definition) is 6. The molecule has 376 valence electrons. The third-order valence-corrected chi connectivity index (χ3v) is 14.7. The molecule has 4 aliphatic heterocycles. The molecule has 0 spiro atoms. The summed E-state index contributed by atoms with van der Waals surface area (Å²) in [6, 6.07) is 21.1. The first-order valence-corrected chi connectivity index (χ1v) is 25.5. The lowest BCUT2D eigenvalue weighted by Crippen LogP contribution is -2.47. The van der Waals surface area contributed by atoms with E-state index in [9.17, 15) is 19.2 Å². The van der Waals surface area contributed by atoms with E-state index < -0.39 is 23.3 Å². The third kappa shape index (κ3) is 10.0. The van der Waals surface area contributed by atoms with Crippen molar-refractivity contribution in [2.75, 3.05) is 26.2 Å². The lowest BCUT2D eigenvalue weighted by Gasteiger charge is -2.33. The molecule has 2 fully saturated rings.